The minimum atomic E-state index is -5.03. The molecule has 4 heterocycles. The normalized spacial score (nSPS) is 11.7. The molecule has 0 saturated carbocycles. The van der Waals surface area contributed by atoms with E-state index in [1.807, 2.05) is 0 Å². The number of hydrogen-bond acceptors (Lipinski definition) is 29. The minimum absolute atomic E-state index is 0.00215. The Morgan fingerprint density at radius 3 is 2.00 bits per heavy atom. The number of hydrogen-bond donors (Lipinski definition) is 0. The Labute approximate surface area is 441 Å². The molecule has 2 unspecified atom stereocenters. The van der Waals surface area contributed by atoms with Gasteiger partial charge in [-0.15, -0.1) is 35.4 Å². The number of methoxy groups -OCH3 is 1. The Morgan fingerprint density at radius 2 is 1.37 bits per heavy atom. The highest BCUT2D eigenvalue weighted by atomic mass is 32.2. The van der Waals surface area contributed by atoms with Crippen molar-refractivity contribution in [3.8, 4) is 46.0 Å². The number of para-hydroxylation sites is 2. The number of sulfonamides is 1. The van der Waals surface area contributed by atoms with Crippen molar-refractivity contribution >= 4 is 34.1 Å². The van der Waals surface area contributed by atoms with E-state index in [1.165, 1.54) is 62.8 Å². The second kappa shape index (κ2) is 29.5. The van der Waals surface area contributed by atoms with E-state index >= 15 is 8.42 Å². The Balaban J connectivity index is 1.62. The monoisotopic (exact) mass is 1120 g/mol. The minimum Gasteiger partial charge on any atom is -0.493 e. The molecule has 5 aromatic rings. The summed E-state index contributed by atoms with van der Waals surface area (Å²) in [7, 11) is -3.70. The predicted octanol–water partition coefficient (Wildman–Crippen LogP) is 4.95. The molecule has 78 heavy (non-hydrogen) atoms. The molecule has 0 fully saturated rings. The Bertz CT molecular complexity index is 2950. The fourth-order valence-corrected chi connectivity index (χ4v) is 7.76. The standard InChI is InChI=1S/C43H50N12O22S/c1-28-15-16-35(45-27-28)78(65,66)52(30(3)76-43(58)71-20-8-10-22-73-54(61)62)40-37(77-34-13-6-5-12-33(34)67-4)41(69-25-24-68-36(56)14-11-23-74-55(63)64)47-38(46-40)31-17-18-44-32(26-31)39-48-49-50-51(39)29(2)75-42(57)70-19-7-9-21-72-53(59)60/h5-6,12-13,15-18,26-27,29-30H,7-11,14,19-25H2,1-4H3. The largest absolute Gasteiger partial charge is 0.510 e. The van der Waals surface area contributed by atoms with Gasteiger partial charge in [-0.25, -0.2) is 23.9 Å². The number of tetrazole rings is 1. The van der Waals surface area contributed by atoms with Crippen LogP contribution in [-0.4, -0.2) is 142 Å². The van der Waals surface area contributed by atoms with Gasteiger partial charge in [-0.3, -0.25) is 9.78 Å². The summed E-state index contributed by atoms with van der Waals surface area (Å²) in [6, 6.07) is 11.5. The van der Waals surface area contributed by atoms with Crippen molar-refractivity contribution in [2.75, 3.05) is 57.7 Å². The van der Waals surface area contributed by atoms with Gasteiger partial charge in [-0.05, 0) is 99.2 Å². The van der Waals surface area contributed by atoms with Crippen molar-refractivity contribution in [3.63, 3.8) is 0 Å². The zero-order chi connectivity index (χ0) is 56.6. The van der Waals surface area contributed by atoms with Crippen LogP contribution in [0.3, 0.4) is 0 Å². The topological polar surface area (TPSA) is 415 Å². The van der Waals surface area contributed by atoms with E-state index in [0.29, 0.717) is 9.87 Å². The first kappa shape index (κ1) is 59.3. The SMILES string of the molecule is COc1ccccc1Oc1c(OCCOC(=O)CCCO[N+](=O)[O-])nc(-c2ccnc(-c3nnnn3C(C)OC(=O)OCCCCO[N+](=O)[O-])c2)nc1N(C(C)OC(=O)OCCCCO[N+](=O)[O-])S(=O)(=O)c1ccc(C)cn1. The van der Waals surface area contributed by atoms with Gasteiger partial charge in [-0.1, -0.05) is 18.2 Å². The quantitative estimate of drug-likeness (QED) is 0.0134. The zero-order valence-corrected chi connectivity index (χ0v) is 42.7. The maximum absolute atomic E-state index is 15.1. The van der Waals surface area contributed by atoms with E-state index in [1.54, 1.807) is 19.1 Å². The number of aryl methyl sites for hydroxylation is 1. The number of ether oxygens (including phenoxy) is 8. The molecule has 0 amide bonds. The van der Waals surface area contributed by atoms with Gasteiger partial charge in [-0.2, -0.15) is 18.1 Å². The van der Waals surface area contributed by atoms with Crippen molar-refractivity contribution in [1.29, 1.82) is 0 Å². The first-order valence-electron chi connectivity index (χ1n) is 23.1. The van der Waals surface area contributed by atoms with E-state index in [0.717, 1.165) is 11.6 Å². The van der Waals surface area contributed by atoms with E-state index < -0.39 is 91.7 Å². The van der Waals surface area contributed by atoms with Gasteiger partial charge in [0.25, 0.3) is 31.2 Å². The van der Waals surface area contributed by atoms with Crippen molar-refractivity contribution in [1.82, 2.24) is 40.1 Å². The molecule has 5 rings (SSSR count). The summed E-state index contributed by atoms with van der Waals surface area (Å²) < 4.78 is 76.2. The number of anilines is 1. The summed E-state index contributed by atoms with van der Waals surface area (Å²) in [4.78, 5) is 100. The van der Waals surface area contributed by atoms with Gasteiger partial charge in [0.2, 0.25) is 11.6 Å². The van der Waals surface area contributed by atoms with Gasteiger partial charge in [0.1, 0.15) is 18.9 Å². The summed E-state index contributed by atoms with van der Waals surface area (Å²) >= 11 is 0. The Morgan fingerprint density at radius 1 is 0.744 bits per heavy atom. The Kier molecular flexibility index (Phi) is 22.4. The lowest BCUT2D eigenvalue weighted by Crippen LogP contribution is -2.42. The summed E-state index contributed by atoms with van der Waals surface area (Å²) in [5.74, 6) is -2.89. The summed E-state index contributed by atoms with van der Waals surface area (Å²) in [6.45, 7) is 1.87. The molecule has 35 heteroatoms. The van der Waals surface area contributed by atoms with E-state index in [4.69, 9.17) is 42.9 Å². The third-order valence-corrected chi connectivity index (χ3v) is 11.6. The molecule has 0 spiro atoms. The van der Waals surface area contributed by atoms with Crippen LogP contribution in [-0.2, 0) is 53.0 Å². The van der Waals surface area contributed by atoms with Crippen LogP contribution in [0.25, 0.3) is 22.9 Å². The molecule has 0 saturated heterocycles. The highest BCUT2D eigenvalue weighted by molar-refractivity contribution is 7.92. The molecule has 0 radical (unpaired) electrons. The number of benzene rings is 1. The average molecular weight is 1120 g/mol. The lowest BCUT2D eigenvalue weighted by molar-refractivity contribution is -0.757. The molecule has 0 N–H and O–H groups in total. The van der Waals surface area contributed by atoms with Crippen LogP contribution >= 0.6 is 0 Å². The molecule has 0 bridgehead atoms. The fourth-order valence-electron chi connectivity index (χ4n) is 6.35. The number of pyridine rings is 2. The number of carbonyl (C=O) groups excluding carboxylic acids is 3. The molecule has 420 valence electrons. The number of nitrogens with zero attached hydrogens (tertiary/aromatic N) is 12. The van der Waals surface area contributed by atoms with Crippen molar-refractivity contribution < 1.29 is 90.5 Å². The molecule has 1 aromatic carbocycles. The third kappa shape index (κ3) is 18.1. The van der Waals surface area contributed by atoms with Gasteiger partial charge in [0, 0.05) is 24.4 Å². The molecular formula is C43H50N12O22S. The van der Waals surface area contributed by atoms with E-state index in [9.17, 15) is 44.7 Å². The summed E-state index contributed by atoms with van der Waals surface area (Å²) in [5.41, 5.74) is 0.627. The highest BCUT2D eigenvalue weighted by Gasteiger charge is 2.39. The average Bonchev–Trinajstić information content (AvgIpc) is 3.97. The lowest BCUT2D eigenvalue weighted by atomic mass is 10.2. The molecule has 0 aliphatic heterocycles. The van der Waals surface area contributed by atoms with Gasteiger partial charge in [0.05, 0.1) is 40.1 Å². The molecule has 0 aliphatic carbocycles. The Hall–Kier alpha value is -9.57. The second-order valence-corrected chi connectivity index (χ2v) is 17.3. The molecule has 34 nitrogen and oxygen atoms in total. The number of aromatic nitrogens is 8. The van der Waals surface area contributed by atoms with Gasteiger partial charge >= 0.3 is 18.3 Å². The number of unbranched alkanes of at least 4 members (excludes halogenated alkanes) is 2. The molecular weight excluding hydrogens is 1070 g/mol. The first-order valence-corrected chi connectivity index (χ1v) is 24.5. The summed E-state index contributed by atoms with van der Waals surface area (Å²) in [6.07, 6.45) is -2.84. The lowest BCUT2D eigenvalue weighted by Gasteiger charge is -2.30. The maximum Gasteiger partial charge on any atom is 0.510 e. The highest BCUT2D eigenvalue weighted by Crippen LogP contribution is 2.45. The van der Waals surface area contributed by atoms with Crippen molar-refractivity contribution in [3.05, 3.63) is 96.8 Å². The van der Waals surface area contributed by atoms with Crippen LogP contribution < -0.4 is 18.5 Å². The third-order valence-electron chi connectivity index (χ3n) is 9.88. The van der Waals surface area contributed by atoms with Gasteiger partial charge in [0.15, 0.2) is 40.6 Å². The smallest absolute Gasteiger partial charge is 0.493 e. The van der Waals surface area contributed by atoms with E-state index in [-0.39, 0.29) is 106 Å². The molecule has 2 atom stereocenters. The van der Waals surface area contributed by atoms with Crippen LogP contribution in [0.4, 0.5) is 15.4 Å². The number of esters is 1. The van der Waals surface area contributed by atoms with Crippen LogP contribution in [0.1, 0.15) is 64.2 Å². The number of rotatable bonds is 33. The fraction of sp³-hybridized carbons (Fsp3) is 0.442. The first-order chi connectivity index (χ1) is 37.4. The summed E-state index contributed by atoms with van der Waals surface area (Å²) in [5, 5.41) is 39.6. The zero-order valence-electron chi connectivity index (χ0n) is 41.9. The molecule has 4 aromatic heterocycles. The van der Waals surface area contributed by atoms with Crippen LogP contribution in [0, 0.1) is 37.3 Å². The maximum atomic E-state index is 15.1. The van der Waals surface area contributed by atoms with Gasteiger partial charge < -0.3 is 52.4 Å². The van der Waals surface area contributed by atoms with Crippen molar-refractivity contribution in [2.24, 2.45) is 0 Å². The van der Waals surface area contributed by atoms with Crippen molar-refractivity contribution in [2.45, 2.75) is 76.8 Å². The predicted molar refractivity (Wildman–Crippen MR) is 256 cm³/mol. The van der Waals surface area contributed by atoms with E-state index in [2.05, 4.69) is 45.0 Å². The van der Waals surface area contributed by atoms with Crippen LogP contribution in [0.2, 0.25) is 0 Å². The van der Waals surface area contributed by atoms with Crippen LogP contribution in [0.5, 0.6) is 23.1 Å². The number of carbonyl (C=O) groups is 3. The van der Waals surface area contributed by atoms with Crippen LogP contribution in [0.15, 0.2) is 66.0 Å². The molecule has 0 aliphatic rings. The second-order valence-electron chi connectivity index (χ2n) is 15.5.